The topological polar surface area (TPSA) is 29.3 Å². The molecule has 0 N–H and O–H groups in total. The van der Waals surface area contributed by atoms with Gasteiger partial charge in [-0.3, -0.25) is 4.98 Å². The summed E-state index contributed by atoms with van der Waals surface area (Å²) in [6.45, 7) is 0. The fraction of sp³-hybridized carbons (Fsp3) is 0. The molecule has 0 fully saturated rings. The number of para-hydroxylation sites is 2. The Morgan fingerprint density at radius 2 is 1.10 bits per heavy atom. The van der Waals surface area contributed by atoms with Crippen LogP contribution in [0.5, 0.6) is 0 Å². The summed E-state index contributed by atoms with van der Waals surface area (Å²) in [5.41, 5.74) is 9.58. The first kappa shape index (κ1) is 24.2. The summed E-state index contributed by atoms with van der Waals surface area (Å²) in [5, 5.41) is 4.65. The normalized spacial score (nSPS) is 11.3. The maximum atomic E-state index is 6.70. The molecule has 0 aliphatic rings. The van der Waals surface area contributed by atoms with E-state index in [0.29, 0.717) is 0 Å². The van der Waals surface area contributed by atoms with Crippen molar-refractivity contribution >= 4 is 49.8 Å². The number of hydrogen-bond donors (Lipinski definition) is 0. The van der Waals surface area contributed by atoms with E-state index in [0.717, 1.165) is 61.3 Å². The molecule has 0 radical (unpaired) electrons. The Balaban J connectivity index is 1.34. The average Bonchev–Trinajstić information content (AvgIpc) is 3.47. The molecule has 0 aliphatic carbocycles. The van der Waals surface area contributed by atoms with Gasteiger partial charge in [-0.1, -0.05) is 84.9 Å². The summed E-state index contributed by atoms with van der Waals surface area (Å²) in [5.74, 6) is 0. The molecule has 0 aliphatic heterocycles. The first-order valence-electron chi connectivity index (χ1n) is 14.1. The van der Waals surface area contributed by atoms with Crippen LogP contribution in [0.4, 0.5) is 17.1 Å². The second-order valence-electron chi connectivity index (χ2n) is 10.4. The van der Waals surface area contributed by atoms with E-state index < -0.39 is 0 Å². The van der Waals surface area contributed by atoms with E-state index >= 15 is 0 Å². The zero-order valence-electron chi connectivity index (χ0n) is 22.8. The molecule has 3 nitrogen and oxygen atoms in total. The second-order valence-corrected chi connectivity index (χ2v) is 10.4. The van der Waals surface area contributed by atoms with E-state index in [9.17, 15) is 0 Å². The van der Waals surface area contributed by atoms with Crippen LogP contribution in [0.25, 0.3) is 55.0 Å². The number of furan rings is 1. The van der Waals surface area contributed by atoms with Gasteiger partial charge in [0.05, 0.1) is 0 Å². The highest BCUT2D eigenvalue weighted by atomic mass is 16.3. The Morgan fingerprint density at radius 1 is 0.476 bits per heavy atom. The van der Waals surface area contributed by atoms with E-state index in [4.69, 9.17) is 4.42 Å². The minimum atomic E-state index is 0.882. The standard InChI is InChI=1S/C39H26N2O/c1-3-11-30(12-4-1)41(31-13-5-2-6-14-31)32-20-18-27(19-21-32)35-26-29-10-7-8-15-34(29)38-37-33(28-22-24-40-25-23-28)16-9-17-36(37)42-39(35)38/h1-26H. The highest BCUT2D eigenvalue weighted by molar-refractivity contribution is 6.25. The quantitative estimate of drug-likeness (QED) is 0.218. The summed E-state index contributed by atoms with van der Waals surface area (Å²) in [4.78, 5) is 6.52. The molecule has 0 unspecified atom stereocenters. The van der Waals surface area contributed by atoms with Gasteiger partial charge in [-0.25, -0.2) is 0 Å². The molecule has 2 heterocycles. The minimum absolute atomic E-state index is 0.882. The van der Waals surface area contributed by atoms with Crippen LogP contribution in [0.1, 0.15) is 0 Å². The van der Waals surface area contributed by atoms with Crippen molar-refractivity contribution in [1.82, 2.24) is 4.98 Å². The molecular formula is C39H26N2O. The van der Waals surface area contributed by atoms with Gasteiger partial charge in [0.2, 0.25) is 0 Å². The molecule has 8 rings (SSSR count). The summed E-state index contributed by atoms with van der Waals surface area (Å²) >= 11 is 0. The Hall–Kier alpha value is -5.67. The van der Waals surface area contributed by atoms with E-state index in [-0.39, 0.29) is 0 Å². The molecule has 3 heteroatoms. The Bertz CT molecular complexity index is 2130. The number of anilines is 3. The molecule has 0 saturated heterocycles. The summed E-state index contributed by atoms with van der Waals surface area (Å²) in [6.07, 6.45) is 3.69. The number of aromatic nitrogens is 1. The maximum Gasteiger partial charge on any atom is 0.143 e. The Kier molecular flexibility index (Phi) is 5.79. The lowest BCUT2D eigenvalue weighted by Gasteiger charge is -2.25. The van der Waals surface area contributed by atoms with E-state index in [1.165, 1.54) is 10.8 Å². The smallest absolute Gasteiger partial charge is 0.143 e. The highest BCUT2D eigenvalue weighted by Gasteiger charge is 2.19. The molecule has 6 aromatic carbocycles. The molecule has 0 spiro atoms. The number of nitrogens with zero attached hydrogens (tertiary/aromatic N) is 2. The largest absolute Gasteiger partial charge is 0.455 e. The predicted molar refractivity (Wildman–Crippen MR) is 175 cm³/mol. The van der Waals surface area contributed by atoms with Crippen molar-refractivity contribution in [3.63, 3.8) is 0 Å². The van der Waals surface area contributed by atoms with Gasteiger partial charge in [0.25, 0.3) is 0 Å². The summed E-state index contributed by atoms with van der Waals surface area (Å²) < 4.78 is 6.70. The molecule has 198 valence electrons. The zero-order valence-corrected chi connectivity index (χ0v) is 22.8. The van der Waals surface area contributed by atoms with Crippen LogP contribution in [0.3, 0.4) is 0 Å². The molecule has 2 aromatic heterocycles. The van der Waals surface area contributed by atoms with Crippen LogP contribution in [0, 0.1) is 0 Å². The number of pyridine rings is 1. The van der Waals surface area contributed by atoms with Crippen LogP contribution < -0.4 is 4.90 Å². The lowest BCUT2D eigenvalue weighted by atomic mass is 9.93. The summed E-state index contributed by atoms with van der Waals surface area (Å²) in [7, 11) is 0. The van der Waals surface area contributed by atoms with Crippen LogP contribution in [-0.4, -0.2) is 4.98 Å². The number of hydrogen-bond acceptors (Lipinski definition) is 3. The number of benzene rings is 6. The SMILES string of the molecule is c1ccc(N(c2ccccc2)c2ccc(-c3cc4ccccc4c4c3oc3cccc(-c5ccncc5)c34)cc2)cc1. The van der Waals surface area contributed by atoms with Crippen molar-refractivity contribution < 1.29 is 4.42 Å². The molecule has 0 atom stereocenters. The molecule has 0 bridgehead atoms. The predicted octanol–water partition coefficient (Wildman–Crippen LogP) is 10.9. The van der Waals surface area contributed by atoms with Crippen LogP contribution in [-0.2, 0) is 0 Å². The van der Waals surface area contributed by atoms with Crippen molar-refractivity contribution in [1.29, 1.82) is 0 Å². The Labute approximate surface area is 243 Å². The van der Waals surface area contributed by atoms with E-state index in [1.54, 1.807) is 0 Å². The lowest BCUT2D eigenvalue weighted by molar-refractivity contribution is 0.670. The van der Waals surface area contributed by atoms with Gasteiger partial charge in [0, 0.05) is 45.8 Å². The van der Waals surface area contributed by atoms with Gasteiger partial charge < -0.3 is 9.32 Å². The van der Waals surface area contributed by atoms with Gasteiger partial charge in [0.1, 0.15) is 11.2 Å². The maximum absolute atomic E-state index is 6.70. The third-order valence-corrected chi connectivity index (χ3v) is 7.95. The van der Waals surface area contributed by atoms with Crippen LogP contribution in [0.15, 0.2) is 162 Å². The fourth-order valence-electron chi connectivity index (χ4n) is 6.04. The number of rotatable bonds is 5. The third-order valence-electron chi connectivity index (χ3n) is 7.95. The van der Waals surface area contributed by atoms with Gasteiger partial charge in [-0.2, -0.15) is 0 Å². The third kappa shape index (κ3) is 4.03. The van der Waals surface area contributed by atoms with Crippen molar-refractivity contribution in [2.45, 2.75) is 0 Å². The number of fused-ring (bicyclic) bond motifs is 5. The second kappa shape index (κ2) is 10.1. The van der Waals surface area contributed by atoms with Crippen molar-refractivity contribution in [3.8, 4) is 22.3 Å². The van der Waals surface area contributed by atoms with E-state index in [1.807, 2.05) is 24.5 Å². The molecule has 0 saturated carbocycles. The molecule has 0 amide bonds. The van der Waals surface area contributed by atoms with Crippen LogP contribution >= 0.6 is 0 Å². The zero-order chi connectivity index (χ0) is 27.9. The van der Waals surface area contributed by atoms with Crippen molar-refractivity contribution in [2.24, 2.45) is 0 Å². The molecule has 8 aromatic rings. The summed E-state index contributed by atoms with van der Waals surface area (Å²) in [6, 6.07) is 51.0. The van der Waals surface area contributed by atoms with Crippen molar-refractivity contribution in [2.75, 3.05) is 4.90 Å². The van der Waals surface area contributed by atoms with Crippen LogP contribution in [0.2, 0.25) is 0 Å². The average molecular weight is 539 g/mol. The van der Waals surface area contributed by atoms with Gasteiger partial charge in [-0.05, 0) is 88.1 Å². The lowest BCUT2D eigenvalue weighted by Crippen LogP contribution is -2.09. The first-order valence-corrected chi connectivity index (χ1v) is 14.1. The minimum Gasteiger partial charge on any atom is -0.455 e. The molecule has 42 heavy (non-hydrogen) atoms. The molecular weight excluding hydrogens is 512 g/mol. The monoisotopic (exact) mass is 538 g/mol. The fourth-order valence-corrected chi connectivity index (χ4v) is 6.04. The Morgan fingerprint density at radius 3 is 1.81 bits per heavy atom. The van der Waals surface area contributed by atoms with Gasteiger partial charge >= 0.3 is 0 Å². The first-order chi connectivity index (χ1) is 20.8. The van der Waals surface area contributed by atoms with E-state index in [2.05, 4.69) is 143 Å². The highest BCUT2D eigenvalue weighted by Crippen LogP contribution is 2.44. The van der Waals surface area contributed by atoms with Crippen molar-refractivity contribution in [3.05, 3.63) is 158 Å². The van der Waals surface area contributed by atoms with Gasteiger partial charge in [-0.15, -0.1) is 0 Å². The van der Waals surface area contributed by atoms with Gasteiger partial charge in [0.15, 0.2) is 0 Å².